The maximum Gasteiger partial charge on any atom is 0.101 e. The molecule has 0 aliphatic carbocycles. The lowest BCUT2D eigenvalue weighted by atomic mass is 9.96. The van der Waals surface area contributed by atoms with E-state index in [0.717, 1.165) is 19.4 Å². The molecule has 4 nitrogen and oxygen atoms in total. The molecule has 118 valence electrons. The van der Waals surface area contributed by atoms with E-state index in [2.05, 4.69) is 43.5 Å². The summed E-state index contributed by atoms with van der Waals surface area (Å²) in [5.41, 5.74) is 2.59. The highest BCUT2D eigenvalue weighted by molar-refractivity contribution is 5.12. The molecule has 1 N–H and O–H groups in total. The number of rotatable bonds is 6. The molecule has 0 aromatic carbocycles. The molecule has 3 atom stereocenters. The Morgan fingerprint density at radius 1 is 1.57 bits per heavy atom. The third-order valence-corrected chi connectivity index (χ3v) is 4.03. The molecule has 0 radical (unpaired) electrons. The smallest absolute Gasteiger partial charge is 0.101 e. The Hall–Kier alpha value is -1.13. The van der Waals surface area contributed by atoms with Gasteiger partial charge in [0.25, 0.3) is 0 Å². The number of allylic oxidation sites excluding steroid dienone is 2. The van der Waals surface area contributed by atoms with Crippen LogP contribution in [-0.4, -0.2) is 28.5 Å². The van der Waals surface area contributed by atoms with E-state index in [1.807, 2.05) is 17.9 Å². The Balaban J connectivity index is 1.91. The van der Waals surface area contributed by atoms with Gasteiger partial charge < -0.3 is 10.1 Å². The van der Waals surface area contributed by atoms with Gasteiger partial charge in [-0.1, -0.05) is 11.6 Å². The summed E-state index contributed by atoms with van der Waals surface area (Å²) in [5, 5.41) is 8.03. The van der Waals surface area contributed by atoms with E-state index in [0.29, 0.717) is 12.1 Å². The fourth-order valence-electron chi connectivity index (χ4n) is 2.94. The van der Waals surface area contributed by atoms with E-state index in [1.165, 1.54) is 24.0 Å². The molecule has 0 amide bonds. The summed E-state index contributed by atoms with van der Waals surface area (Å²) in [5.74, 6) is 0. The van der Waals surface area contributed by atoms with Crippen molar-refractivity contribution < 1.29 is 4.74 Å². The van der Waals surface area contributed by atoms with Crippen molar-refractivity contribution in [2.45, 2.75) is 64.6 Å². The van der Waals surface area contributed by atoms with Crippen LogP contribution in [0.15, 0.2) is 24.0 Å². The van der Waals surface area contributed by atoms with Gasteiger partial charge >= 0.3 is 0 Å². The lowest BCUT2D eigenvalue weighted by Gasteiger charge is -2.34. The molecule has 2 rings (SSSR count). The predicted octanol–water partition coefficient (Wildman–Crippen LogP) is 3.36. The first kappa shape index (κ1) is 16.2. The van der Waals surface area contributed by atoms with Gasteiger partial charge in [-0.2, -0.15) is 5.10 Å². The van der Waals surface area contributed by atoms with E-state index in [-0.39, 0.29) is 6.10 Å². The number of ether oxygens (including phenoxy) is 1. The highest BCUT2D eigenvalue weighted by atomic mass is 16.5. The standard InChI is InChI=1S/C17H29N3O/c1-13(2)7-5-8-14(3)19-16-9-6-10-21-17(16)15-11-18-20(4)12-15/h7,11-12,14,16-17,19H,5-6,8-10H2,1-4H3/t14?,16-,17+/m0/s1. The highest BCUT2D eigenvalue weighted by Gasteiger charge is 2.29. The van der Waals surface area contributed by atoms with Gasteiger partial charge in [0.05, 0.1) is 6.20 Å². The fraction of sp³-hybridized carbons (Fsp3) is 0.706. The van der Waals surface area contributed by atoms with Crippen LogP contribution in [0.1, 0.15) is 58.1 Å². The molecule has 1 saturated heterocycles. The topological polar surface area (TPSA) is 39.1 Å². The second-order valence-corrected chi connectivity index (χ2v) is 6.41. The highest BCUT2D eigenvalue weighted by Crippen LogP contribution is 2.28. The predicted molar refractivity (Wildman–Crippen MR) is 86.2 cm³/mol. The summed E-state index contributed by atoms with van der Waals surface area (Å²) in [6, 6.07) is 0.899. The molecular weight excluding hydrogens is 262 g/mol. The summed E-state index contributed by atoms with van der Waals surface area (Å²) in [4.78, 5) is 0. The maximum atomic E-state index is 6.01. The molecular formula is C17H29N3O. The van der Waals surface area contributed by atoms with Crippen molar-refractivity contribution in [1.82, 2.24) is 15.1 Å². The minimum Gasteiger partial charge on any atom is -0.372 e. The van der Waals surface area contributed by atoms with Crippen molar-refractivity contribution in [3.63, 3.8) is 0 Å². The molecule has 1 fully saturated rings. The molecule has 2 heterocycles. The lowest BCUT2D eigenvalue weighted by molar-refractivity contribution is -0.0136. The normalized spacial score (nSPS) is 23.8. The zero-order valence-corrected chi connectivity index (χ0v) is 13.8. The third kappa shape index (κ3) is 4.97. The van der Waals surface area contributed by atoms with Crippen molar-refractivity contribution in [1.29, 1.82) is 0 Å². The van der Waals surface area contributed by atoms with Crippen LogP contribution in [0.5, 0.6) is 0 Å². The van der Waals surface area contributed by atoms with Gasteiger partial charge in [-0.05, 0) is 46.5 Å². The number of aryl methyl sites for hydroxylation is 1. The van der Waals surface area contributed by atoms with Crippen LogP contribution in [0.2, 0.25) is 0 Å². The molecule has 1 unspecified atom stereocenters. The third-order valence-electron chi connectivity index (χ3n) is 4.03. The van der Waals surface area contributed by atoms with Crippen LogP contribution in [0.25, 0.3) is 0 Å². The van der Waals surface area contributed by atoms with Crippen LogP contribution in [0, 0.1) is 0 Å². The maximum absolute atomic E-state index is 6.01. The van der Waals surface area contributed by atoms with E-state index < -0.39 is 0 Å². The Kier molecular flexibility index (Phi) is 6.00. The lowest BCUT2D eigenvalue weighted by Crippen LogP contribution is -2.43. The van der Waals surface area contributed by atoms with Gasteiger partial charge in [0.1, 0.15) is 6.10 Å². The van der Waals surface area contributed by atoms with Gasteiger partial charge in [-0.25, -0.2) is 0 Å². The zero-order chi connectivity index (χ0) is 15.2. The molecule has 1 aliphatic rings. The summed E-state index contributed by atoms with van der Waals surface area (Å²) < 4.78 is 7.86. The number of aromatic nitrogens is 2. The first-order valence-corrected chi connectivity index (χ1v) is 8.06. The second-order valence-electron chi connectivity index (χ2n) is 6.41. The van der Waals surface area contributed by atoms with Crippen LogP contribution in [0.3, 0.4) is 0 Å². The molecule has 4 heteroatoms. The number of nitrogens with one attached hydrogen (secondary N) is 1. The zero-order valence-electron chi connectivity index (χ0n) is 13.8. The van der Waals surface area contributed by atoms with Gasteiger partial charge in [0.15, 0.2) is 0 Å². The van der Waals surface area contributed by atoms with Crippen LogP contribution in [0.4, 0.5) is 0 Å². The Morgan fingerprint density at radius 3 is 3.05 bits per heavy atom. The Morgan fingerprint density at radius 2 is 2.38 bits per heavy atom. The second kappa shape index (κ2) is 7.76. The van der Waals surface area contributed by atoms with Crippen molar-refractivity contribution in [2.24, 2.45) is 7.05 Å². The van der Waals surface area contributed by atoms with E-state index >= 15 is 0 Å². The quantitative estimate of drug-likeness (QED) is 0.817. The number of hydrogen-bond donors (Lipinski definition) is 1. The summed E-state index contributed by atoms with van der Waals surface area (Å²) in [6.07, 6.45) is 11.1. The monoisotopic (exact) mass is 291 g/mol. The Bertz CT molecular complexity index is 462. The fourth-order valence-corrected chi connectivity index (χ4v) is 2.94. The van der Waals surface area contributed by atoms with Crippen molar-refractivity contribution in [2.75, 3.05) is 6.61 Å². The number of hydrogen-bond acceptors (Lipinski definition) is 3. The minimum absolute atomic E-state index is 0.137. The van der Waals surface area contributed by atoms with E-state index in [1.54, 1.807) is 0 Å². The summed E-state index contributed by atoms with van der Waals surface area (Å²) in [6.45, 7) is 7.44. The van der Waals surface area contributed by atoms with Crippen molar-refractivity contribution in [3.8, 4) is 0 Å². The number of nitrogens with zero attached hydrogens (tertiary/aromatic N) is 2. The van der Waals surface area contributed by atoms with Gasteiger partial charge in [-0.15, -0.1) is 0 Å². The van der Waals surface area contributed by atoms with Crippen molar-refractivity contribution in [3.05, 3.63) is 29.6 Å². The molecule has 0 bridgehead atoms. The van der Waals surface area contributed by atoms with Crippen LogP contribution < -0.4 is 5.32 Å². The van der Waals surface area contributed by atoms with Gasteiger partial charge in [-0.3, -0.25) is 4.68 Å². The molecule has 1 aromatic rings. The van der Waals surface area contributed by atoms with E-state index in [9.17, 15) is 0 Å². The average Bonchev–Trinajstić information content (AvgIpc) is 2.85. The largest absolute Gasteiger partial charge is 0.372 e. The average molecular weight is 291 g/mol. The minimum atomic E-state index is 0.137. The van der Waals surface area contributed by atoms with Gasteiger partial charge in [0, 0.05) is 37.5 Å². The first-order valence-electron chi connectivity index (χ1n) is 8.06. The molecule has 0 spiro atoms. The molecule has 1 aliphatic heterocycles. The van der Waals surface area contributed by atoms with E-state index in [4.69, 9.17) is 4.74 Å². The summed E-state index contributed by atoms with van der Waals surface area (Å²) >= 11 is 0. The first-order chi connectivity index (χ1) is 10.1. The van der Waals surface area contributed by atoms with Crippen molar-refractivity contribution >= 4 is 0 Å². The SMILES string of the molecule is CC(C)=CCCC(C)N[C@H]1CCCO[C@@H]1c1cnn(C)c1. The van der Waals surface area contributed by atoms with Crippen LogP contribution >= 0.6 is 0 Å². The Labute approximate surface area is 128 Å². The molecule has 0 saturated carbocycles. The van der Waals surface area contributed by atoms with Crippen LogP contribution in [-0.2, 0) is 11.8 Å². The molecule has 21 heavy (non-hydrogen) atoms. The molecule has 1 aromatic heterocycles. The summed E-state index contributed by atoms with van der Waals surface area (Å²) in [7, 11) is 1.96. The van der Waals surface area contributed by atoms with Gasteiger partial charge in [0.2, 0.25) is 0 Å².